The molecule has 2 aromatic carbocycles. The first-order valence-corrected chi connectivity index (χ1v) is 16.8. The summed E-state index contributed by atoms with van der Waals surface area (Å²) in [5.74, 6) is -0.174. The van der Waals surface area contributed by atoms with E-state index >= 15 is 0 Å². The van der Waals surface area contributed by atoms with E-state index in [0.717, 1.165) is 61.8 Å². The van der Waals surface area contributed by atoms with E-state index < -0.39 is 26.7 Å². The summed E-state index contributed by atoms with van der Waals surface area (Å²) in [6.07, 6.45) is 6.96. The van der Waals surface area contributed by atoms with E-state index in [0.29, 0.717) is 37.2 Å². The Morgan fingerprint density at radius 3 is 2.59 bits per heavy atom. The van der Waals surface area contributed by atoms with Gasteiger partial charge in [0, 0.05) is 19.1 Å². The van der Waals surface area contributed by atoms with E-state index in [2.05, 4.69) is 29.7 Å². The molecule has 41 heavy (non-hydrogen) atoms. The van der Waals surface area contributed by atoms with Crippen molar-refractivity contribution >= 4 is 15.7 Å². The second kappa shape index (κ2) is 13.3. The lowest BCUT2D eigenvalue weighted by Gasteiger charge is -2.44. The van der Waals surface area contributed by atoms with Gasteiger partial charge in [0.1, 0.15) is 6.54 Å². The lowest BCUT2D eigenvalue weighted by molar-refractivity contribution is -0.143. The SMILES string of the molecule is CCc1ccc2c(c1)[C@@H](NC[C@@H](O)[C@H](CCc1ccccc1)NC(=O)CN1CCCO1)CC1(CCCCC1)S2(=O)=O. The number of hydrogen-bond donors (Lipinski definition) is 3. The Balaban J connectivity index is 1.33. The number of hydroxylamine groups is 2. The zero-order valence-electron chi connectivity index (χ0n) is 24.2. The molecule has 224 valence electrons. The second-order valence-corrected chi connectivity index (χ2v) is 14.3. The van der Waals surface area contributed by atoms with Gasteiger partial charge in [0.25, 0.3) is 0 Å². The maximum absolute atomic E-state index is 13.9. The van der Waals surface area contributed by atoms with Crippen LogP contribution in [-0.2, 0) is 32.3 Å². The Bertz CT molecular complexity index is 1270. The monoisotopic (exact) mass is 583 g/mol. The van der Waals surface area contributed by atoms with Gasteiger partial charge in [0.05, 0.1) is 28.4 Å². The first-order chi connectivity index (χ1) is 19.8. The summed E-state index contributed by atoms with van der Waals surface area (Å²) in [4.78, 5) is 18.8. The van der Waals surface area contributed by atoms with E-state index in [1.165, 1.54) is 0 Å². The molecule has 5 rings (SSSR count). The lowest BCUT2D eigenvalue weighted by Crippen LogP contribution is -2.52. The van der Waals surface area contributed by atoms with E-state index in [-0.39, 0.29) is 25.0 Å². The van der Waals surface area contributed by atoms with Crippen molar-refractivity contribution < 1.29 is 23.2 Å². The van der Waals surface area contributed by atoms with Crippen LogP contribution in [0.4, 0.5) is 0 Å². The summed E-state index contributed by atoms with van der Waals surface area (Å²) in [5.41, 5.74) is 3.05. The molecule has 2 aliphatic heterocycles. The van der Waals surface area contributed by atoms with Crippen molar-refractivity contribution in [3.05, 3.63) is 65.2 Å². The van der Waals surface area contributed by atoms with Crippen molar-refractivity contribution in [1.82, 2.24) is 15.7 Å². The number of carbonyl (C=O) groups excluding carboxylic acids is 1. The first kappa shape index (κ1) is 30.2. The van der Waals surface area contributed by atoms with Crippen LogP contribution in [0.25, 0.3) is 0 Å². The fourth-order valence-electron chi connectivity index (χ4n) is 6.78. The number of aliphatic hydroxyl groups is 1. The van der Waals surface area contributed by atoms with Gasteiger partial charge >= 0.3 is 0 Å². The minimum atomic E-state index is -3.46. The number of carbonyl (C=O) groups is 1. The highest BCUT2D eigenvalue weighted by atomic mass is 32.2. The number of aryl methyl sites for hydroxylation is 2. The number of fused-ring (bicyclic) bond motifs is 1. The summed E-state index contributed by atoms with van der Waals surface area (Å²) >= 11 is 0. The molecule has 2 fully saturated rings. The molecule has 0 bridgehead atoms. The molecule has 8 nitrogen and oxygen atoms in total. The molecular weight excluding hydrogens is 538 g/mol. The topological polar surface area (TPSA) is 108 Å². The second-order valence-electron chi connectivity index (χ2n) is 12.0. The molecule has 1 saturated heterocycles. The van der Waals surface area contributed by atoms with Crippen LogP contribution in [0.15, 0.2) is 53.4 Å². The minimum absolute atomic E-state index is 0.137. The summed E-state index contributed by atoms with van der Waals surface area (Å²) in [6.45, 7) is 3.80. The molecule has 0 aromatic heterocycles. The molecule has 2 aromatic rings. The Kier molecular flexibility index (Phi) is 9.81. The molecule has 1 aliphatic carbocycles. The molecule has 3 aliphatic rings. The normalized spacial score (nSPS) is 23.1. The fraction of sp³-hybridized carbons (Fsp3) is 0.594. The number of benzene rings is 2. The van der Waals surface area contributed by atoms with Crippen molar-refractivity contribution in [3.63, 3.8) is 0 Å². The van der Waals surface area contributed by atoms with Gasteiger partial charge in [0.15, 0.2) is 9.84 Å². The van der Waals surface area contributed by atoms with Gasteiger partial charge in [0.2, 0.25) is 5.91 Å². The molecule has 1 saturated carbocycles. The summed E-state index contributed by atoms with van der Waals surface area (Å²) in [7, 11) is -3.46. The van der Waals surface area contributed by atoms with Gasteiger partial charge in [-0.05, 0) is 67.7 Å². The van der Waals surface area contributed by atoms with E-state index in [9.17, 15) is 18.3 Å². The smallest absolute Gasteiger partial charge is 0.236 e. The molecule has 1 spiro atoms. The lowest BCUT2D eigenvalue weighted by atomic mass is 9.81. The molecule has 9 heteroatoms. The van der Waals surface area contributed by atoms with Crippen LogP contribution >= 0.6 is 0 Å². The van der Waals surface area contributed by atoms with Crippen molar-refractivity contribution in [2.45, 2.75) is 99.0 Å². The molecule has 3 N–H and O–H groups in total. The van der Waals surface area contributed by atoms with Crippen LogP contribution in [0.3, 0.4) is 0 Å². The maximum Gasteiger partial charge on any atom is 0.236 e. The highest BCUT2D eigenvalue weighted by Gasteiger charge is 2.51. The number of amides is 1. The number of nitrogens with zero attached hydrogens (tertiary/aromatic N) is 1. The Morgan fingerprint density at radius 1 is 1.10 bits per heavy atom. The standard InChI is InChI=1S/C32H45N3O5S/c1-2-24-13-15-30-26(20-24)28(21-32(41(30,38)39)16-7-4-8-17-32)33-22-29(36)27(14-12-25-10-5-3-6-11-25)34-31(37)23-35-18-9-19-40-35/h3,5-6,10-11,13,15,20,27-29,33,36H,2,4,7-9,12,14,16-19,21-23H2,1H3,(H,34,37)/t27-,28-,29+/m0/s1. The summed E-state index contributed by atoms with van der Waals surface area (Å²) in [5, 5.41) is 19.7. The highest BCUT2D eigenvalue weighted by molar-refractivity contribution is 7.93. The van der Waals surface area contributed by atoms with Crippen LogP contribution in [0.1, 0.15) is 81.0 Å². The zero-order chi connectivity index (χ0) is 28.9. The van der Waals surface area contributed by atoms with Gasteiger partial charge in [-0.3, -0.25) is 9.63 Å². The number of rotatable bonds is 11. The van der Waals surface area contributed by atoms with Crippen LogP contribution in [-0.4, -0.2) is 67.6 Å². The van der Waals surface area contributed by atoms with Gasteiger partial charge < -0.3 is 15.7 Å². The van der Waals surface area contributed by atoms with Crippen LogP contribution in [0.5, 0.6) is 0 Å². The predicted octanol–water partition coefficient (Wildman–Crippen LogP) is 3.88. The van der Waals surface area contributed by atoms with Crippen molar-refractivity contribution in [2.75, 3.05) is 26.2 Å². The zero-order valence-corrected chi connectivity index (χ0v) is 25.0. The number of aliphatic hydroxyl groups excluding tert-OH is 1. The number of hydrogen-bond acceptors (Lipinski definition) is 7. The third kappa shape index (κ3) is 6.86. The van der Waals surface area contributed by atoms with Crippen LogP contribution in [0.2, 0.25) is 0 Å². The van der Waals surface area contributed by atoms with Gasteiger partial charge in [-0.1, -0.05) is 68.7 Å². The fourth-order valence-corrected chi connectivity index (χ4v) is 9.22. The third-order valence-corrected chi connectivity index (χ3v) is 11.8. The summed E-state index contributed by atoms with van der Waals surface area (Å²) in [6, 6.07) is 15.2. The number of nitrogens with one attached hydrogen (secondary N) is 2. The Labute approximate surface area is 244 Å². The Morgan fingerprint density at radius 2 is 1.88 bits per heavy atom. The predicted molar refractivity (Wildman–Crippen MR) is 159 cm³/mol. The average molecular weight is 584 g/mol. The van der Waals surface area contributed by atoms with Crippen molar-refractivity contribution in [1.29, 1.82) is 0 Å². The molecule has 0 unspecified atom stereocenters. The van der Waals surface area contributed by atoms with Crippen molar-refractivity contribution in [3.8, 4) is 0 Å². The number of sulfone groups is 1. The molecular formula is C32H45N3O5S. The highest BCUT2D eigenvalue weighted by Crippen LogP contribution is 2.50. The van der Waals surface area contributed by atoms with Gasteiger partial charge in [-0.15, -0.1) is 0 Å². The first-order valence-electron chi connectivity index (χ1n) is 15.3. The van der Waals surface area contributed by atoms with E-state index in [4.69, 9.17) is 4.84 Å². The molecule has 0 radical (unpaired) electrons. The maximum atomic E-state index is 13.9. The van der Waals surface area contributed by atoms with Crippen molar-refractivity contribution in [2.24, 2.45) is 0 Å². The third-order valence-electron chi connectivity index (χ3n) is 9.18. The Hall–Kier alpha value is -2.30. The van der Waals surface area contributed by atoms with Crippen LogP contribution in [0, 0.1) is 0 Å². The van der Waals surface area contributed by atoms with Gasteiger partial charge in [-0.2, -0.15) is 5.06 Å². The molecule has 3 atom stereocenters. The molecule has 1 amide bonds. The quantitative estimate of drug-likeness (QED) is 0.369. The van der Waals surface area contributed by atoms with Crippen LogP contribution < -0.4 is 10.6 Å². The minimum Gasteiger partial charge on any atom is -0.390 e. The molecule has 2 heterocycles. The average Bonchev–Trinajstić information content (AvgIpc) is 3.50. The summed E-state index contributed by atoms with van der Waals surface area (Å²) < 4.78 is 27.1. The van der Waals surface area contributed by atoms with Gasteiger partial charge in [-0.25, -0.2) is 8.42 Å². The van der Waals surface area contributed by atoms with E-state index in [1.54, 1.807) is 11.1 Å². The largest absolute Gasteiger partial charge is 0.390 e. The van der Waals surface area contributed by atoms with E-state index in [1.807, 2.05) is 30.3 Å².